The molecule has 0 unspecified atom stereocenters. The maximum atomic E-state index is 13.3. The van der Waals surface area contributed by atoms with Crippen molar-refractivity contribution in [2.24, 2.45) is 0 Å². The van der Waals surface area contributed by atoms with Crippen molar-refractivity contribution in [3.05, 3.63) is 46.4 Å². The molecule has 2 aromatic rings. The first-order valence-electron chi connectivity index (χ1n) is 12.0. The molecule has 8 nitrogen and oxygen atoms in total. The van der Waals surface area contributed by atoms with Gasteiger partial charge in [-0.05, 0) is 70.0 Å². The van der Waals surface area contributed by atoms with Gasteiger partial charge in [0.05, 0.1) is 0 Å². The number of nitrogens with zero attached hydrogens (tertiary/aromatic N) is 3. The lowest BCUT2D eigenvalue weighted by molar-refractivity contribution is 0.0186. The number of hydrogen-bond acceptors (Lipinski definition) is 5. The van der Waals surface area contributed by atoms with Crippen LogP contribution in [0.2, 0.25) is 0 Å². The summed E-state index contributed by atoms with van der Waals surface area (Å²) in [5.74, 6) is -0.0141. The highest BCUT2D eigenvalue weighted by Crippen LogP contribution is 2.27. The average molecular weight is 487 g/mol. The van der Waals surface area contributed by atoms with E-state index < -0.39 is 5.60 Å². The van der Waals surface area contributed by atoms with Gasteiger partial charge in [-0.2, -0.15) is 11.3 Å². The molecule has 34 heavy (non-hydrogen) atoms. The predicted molar refractivity (Wildman–Crippen MR) is 131 cm³/mol. The number of ether oxygens (including phenoxy) is 1. The molecule has 2 saturated heterocycles. The third-order valence-electron chi connectivity index (χ3n) is 6.41. The molecule has 0 bridgehead atoms. The van der Waals surface area contributed by atoms with Gasteiger partial charge in [0.1, 0.15) is 11.3 Å². The summed E-state index contributed by atoms with van der Waals surface area (Å²) in [7, 11) is 0. The third kappa shape index (κ3) is 5.81. The molecule has 0 atom stereocenters. The SMILES string of the molecule is CC(C)(C)OC(=O)N1CCC(n2cccc2C(=O)N2CCC(NC(=O)c3ccsc3)CC2)CC1. The normalized spacial score (nSPS) is 18.1. The molecule has 1 N–H and O–H groups in total. The van der Waals surface area contributed by atoms with Crippen LogP contribution in [0.15, 0.2) is 35.2 Å². The zero-order valence-electron chi connectivity index (χ0n) is 20.2. The van der Waals surface area contributed by atoms with Crippen LogP contribution >= 0.6 is 11.3 Å². The Kier molecular flexibility index (Phi) is 7.30. The van der Waals surface area contributed by atoms with E-state index in [2.05, 4.69) is 9.88 Å². The summed E-state index contributed by atoms with van der Waals surface area (Å²) >= 11 is 1.51. The van der Waals surface area contributed by atoms with Crippen LogP contribution in [0.3, 0.4) is 0 Å². The molecular formula is C25H34N4O4S. The van der Waals surface area contributed by atoms with E-state index in [1.807, 2.05) is 60.8 Å². The maximum absolute atomic E-state index is 13.3. The van der Waals surface area contributed by atoms with Crippen molar-refractivity contribution in [3.8, 4) is 0 Å². The molecule has 2 aliphatic rings. The van der Waals surface area contributed by atoms with E-state index in [0.717, 1.165) is 25.7 Å². The highest BCUT2D eigenvalue weighted by atomic mass is 32.1. The molecule has 2 aromatic heterocycles. The van der Waals surface area contributed by atoms with Gasteiger partial charge in [0, 0.05) is 55.4 Å². The standard InChI is InChI=1S/C25H34N4O4S/c1-25(2,3)33-24(32)28-14-8-20(9-15-28)29-11-4-5-21(29)23(31)27-12-6-19(7-13-27)26-22(30)18-10-16-34-17-18/h4-5,10-11,16-17,19-20H,6-9,12-15H2,1-3H3,(H,26,30). The van der Waals surface area contributed by atoms with E-state index in [1.54, 1.807) is 4.90 Å². The number of hydrogen-bond donors (Lipinski definition) is 1. The first kappa shape index (κ1) is 24.3. The van der Waals surface area contributed by atoms with Crippen LogP contribution < -0.4 is 5.32 Å². The molecule has 2 aliphatic heterocycles. The van der Waals surface area contributed by atoms with Crippen LogP contribution in [0.25, 0.3) is 0 Å². The first-order chi connectivity index (χ1) is 16.2. The lowest BCUT2D eigenvalue weighted by atomic mass is 10.0. The van der Waals surface area contributed by atoms with Gasteiger partial charge in [-0.15, -0.1) is 0 Å². The fraction of sp³-hybridized carbons (Fsp3) is 0.560. The molecule has 184 valence electrons. The highest BCUT2D eigenvalue weighted by molar-refractivity contribution is 7.08. The summed E-state index contributed by atoms with van der Waals surface area (Å²) in [4.78, 5) is 41.6. The minimum absolute atomic E-state index is 0.0298. The van der Waals surface area contributed by atoms with Crippen molar-refractivity contribution in [2.75, 3.05) is 26.2 Å². The Morgan fingerprint density at radius 2 is 1.68 bits per heavy atom. The largest absolute Gasteiger partial charge is 0.444 e. The molecule has 0 radical (unpaired) electrons. The van der Waals surface area contributed by atoms with Gasteiger partial charge < -0.3 is 24.4 Å². The molecule has 0 aromatic carbocycles. The molecule has 4 rings (SSSR count). The second kappa shape index (κ2) is 10.2. The topological polar surface area (TPSA) is 83.9 Å². The molecule has 0 saturated carbocycles. The van der Waals surface area contributed by atoms with E-state index in [9.17, 15) is 14.4 Å². The maximum Gasteiger partial charge on any atom is 0.410 e. The molecular weight excluding hydrogens is 452 g/mol. The summed E-state index contributed by atoms with van der Waals surface area (Å²) in [5.41, 5.74) is 0.879. The van der Waals surface area contributed by atoms with Gasteiger partial charge >= 0.3 is 6.09 Å². The van der Waals surface area contributed by atoms with Crippen LogP contribution in [0.5, 0.6) is 0 Å². The number of piperidine rings is 2. The van der Waals surface area contributed by atoms with Crippen LogP contribution in [0, 0.1) is 0 Å². The van der Waals surface area contributed by atoms with Crippen molar-refractivity contribution in [3.63, 3.8) is 0 Å². The zero-order valence-corrected chi connectivity index (χ0v) is 21.0. The Balaban J connectivity index is 1.29. The van der Waals surface area contributed by atoms with E-state index >= 15 is 0 Å². The van der Waals surface area contributed by atoms with Gasteiger partial charge in [-0.3, -0.25) is 9.59 Å². The van der Waals surface area contributed by atoms with Gasteiger partial charge in [0.15, 0.2) is 0 Å². The third-order valence-corrected chi connectivity index (χ3v) is 7.09. The van der Waals surface area contributed by atoms with E-state index in [4.69, 9.17) is 4.74 Å². The van der Waals surface area contributed by atoms with Gasteiger partial charge in [-0.25, -0.2) is 4.79 Å². The molecule has 0 aliphatic carbocycles. The number of aromatic nitrogens is 1. The van der Waals surface area contributed by atoms with Crippen molar-refractivity contribution in [1.29, 1.82) is 0 Å². The second-order valence-electron chi connectivity index (χ2n) is 10.1. The average Bonchev–Trinajstić information content (AvgIpc) is 3.51. The smallest absolute Gasteiger partial charge is 0.410 e. The van der Waals surface area contributed by atoms with E-state index in [0.29, 0.717) is 37.4 Å². The summed E-state index contributed by atoms with van der Waals surface area (Å²) in [6.45, 7) is 8.08. The Morgan fingerprint density at radius 1 is 1.00 bits per heavy atom. The Hall–Kier alpha value is -2.81. The zero-order chi connectivity index (χ0) is 24.3. The lowest BCUT2D eigenvalue weighted by Gasteiger charge is -2.36. The monoisotopic (exact) mass is 486 g/mol. The number of carbonyl (C=O) groups excluding carboxylic acids is 3. The quantitative estimate of drug-likeness (QED) is 0.704. The number of likely N-dealkylation sites (tertiary alicyclic amines) is 2. The lowest BCUT2D eigenvalue weighted by Crippen LogP contribution is -2.47. The fourth-order valence-corrected chi connectivity index (χ4v) is 5.23. The first-order valence-corrected chi connectivity index (χ1v) is 12.9. The molecule has 9 heteroatoms. The number of amides is 3. The summed E-state index contributed by atoms with van der Waals surface area (Å²) < 4.78 is 7.56. The molecule has 0 spiro atoms. The summed E-state index contributed by atoms with van der Waals surface area (Å²) in [5, 5.41) is 6.83. The number of carbonyl (C=O) groups is 3. The molecule has 2 fully saturated rings. The van der Waals surface area contributed by atoms with E-state index in [-0.39, 0.29) is 30.0 Å². The minimum Gasteiger partial charge on any atom is -0.444 e. The van der Waals surface area contributed by atoms with Crippen LogP contribution in [-0.4, -0.2) is 70.1 Å². The summed E-state index contributed by atoms with van der Waals surface area (Å²) in [6, 6.07) is 5.88. The molecule has 4 heterocycles. The number of nitrogens with one attached hydrogen (secondary N) is 1. The Labute approximate surface area is 204 Å². The van der Waals surface area contributed by atoms with Gasteiger partial charge in [0.2, 0.25) is 0 Å². The predicted octanol–water partition coefficient (Wildman–Crippen LogP) is 4.16. The second-order valence-corrected chi connectivity index (χ2v) is 10.8. The van der Waals surface area contributed by atoms with Crippen molar-refractivity contribution < 1.29 is 19.1 Å². The number of rotatable bonds is 4. The summed E-state index contributed by atoms with van der Waals surface area (Å²) in [6.07, 6.45) is 4.75. The minimum atomic E-state index is -0.506. The van der Waals surface area contributed by atoms with Crippen molar-refractivity contribution in [1.82, 2.24) is 19.7 Å². The number of thiophene rings is 1. The Bertz CT molecular complexity index is 995. The van der Waals surface area contributed by atoms with Gasteiger partial charge in [0.25, 0.3) is 11.8 Å². The Morgan fingerprint density at radius 3 is 2.29 bits per heavy atom. The van der Waals surface area contributed by atoms with Crippen LogP contribution in [0.4, 0.5) is 4.79 Å². The van der Waals surface area contributed by atoms with Crippen LogP contribution in [0.1, 0.15) is 73.3 Å². The molecule has 3 amide bonds. The fourth-order valence-electron chi connectivity index (χ4n) is 4.60. The van der Waals surface area contributed by atoms with Crippen molar-refractivity contribution >= 4 is 29.2 Å². The van der Waals surface area contributed by atoms with Crippen LogP contribution in [-0.2, 0) is 4.74 Å². The van der Waals surface area contributed by atoms with Crippen molar-refractivity contribution in [2.45, 2.75) is 64.1 Å². The van der Waals surface area contributed by atoms with E-state index in [1.165, 1.54) is 11.3 Å². The highest BCUT2D eigenvalue weighted by Gasteiger charge is 2.31. The van der Waals surface area contributed by atoms with Gasteiger partial charge in [-0.1, -0.05) is 0 Å².